The highest BCUT2D eigenvalue weighted by molar-refractivity contribution is 6.01. The SMILES string of the molecule is C[C@H](C(=O)N1CCC[C@H](CO)C1)N1CC[C@@]2(CCC1=O)NC(=O)c1cccnc1N2. The number of nitrogens with one attached hydrogen (secondary N) is 2. The van der Waals surface area contributed by atoms with Crippen LogP contribution in [0.1, 0.15) is 49.4 Å². The maximum Gasteiger partial charge on any atom is 0.256 e. The van der Waals surface area contributed by atoms with Crippen LogP contribution in [0, 0.1) is 5.92 Å². The van der Waals surface area contributed by atoms with Crippen LogP contribution in [0.4, 0.5) is 5.82 Å². The van der Waals surface area contributed by atoms with E-state index in [1.54, 1.807) is 35.1 Å². The maximum atomic E-state index is 13.1. The number of fused-ring (bicyclic) bond motifs is 1. The van der Waals surface area contributed by atoms with Crippen molar-refractivity contribution in [1.29, 1.82) is 0 Å². The molecule has 3 amide bonds. The van der Waals surface area contributed by atoms with Crippen LogP contribution < -0.4 is 10.6 Å². The topological polar surface area (TPSA) is 115 Å². The van der Waals surface area contributed by atoms with Crippen molar-refractivity contribution in [3.63, 3.8) is 0 Å². The molecule has 2 saturated heterocycles. The summed E-state index contributed by atoms with van der Waals surface area (Å²) in [5.41, 5.74) is -0.263. The van der Waals surface area contributed by atoms with Gasteiger partial charge in [-0.05, 0) is 44.2 Å². The number of hydrogen-bond acceptors (Lipinski definition) is 6. The highest BCUT2D eigenvalue weighted by atomic mass is 16.3. The summed E-state index contributed by atoms with van der Waals surface area (Å²) in [7, 11) is 0. The fourth-order valence-corrected chi connectivity index (χ4v) is 4.73. The molecule has 0 radical (unpaired) electrons. The Labute approximate surface area is 175 Å². The van der Waals surface area contributed by atoms with E-state index in [2.05, 4.69) is 15.6 Å². The molecule has 1 aromatic rings. The molecule has 0 unspecified atom stereocenters. The summed E-state index contributed by atoms with van der Waals surface area (Å²) in [5.74, 6) is 0.253. The van der Waals surface area contributed by atoms with Crippen molar-refractivity contribution in [3.05, 3.63) is 23.9 Å². The van der Waals surface area contributed by atoms with Crippen molar-refractivity contribution >= 4 is 23.5 Å². The average molecular weight is 415 g/mol. The lowest BCUT2D eigenvalue weighted by Gasteiger charge is -2.39. The van der Waals surface area contributed by atoms with Crippen molar-refractivity contribution in [2.45, 2.75) is 50.7 Å². The van der Waals surface area contributed by atoms with Crippen LogP contribution in [-0.2, 0) is 9.59 Å². The molecular formula is C21H29N5O4. The summed E-state index contributed by atoms with van der Waals surface area (Å²) >= 11 is 0. The zero-order chi connectivity index (χ0) is 21.3. The van der Waals surface area contributed by atoms with Gasteiger partial charge in [0.2, 0.25) is 11.8 Å². The van der Waals surface area contributed by atoms with Crippen molar-refractivity contribution < 1.29 is 19.5 Å². The zero-order valence-electron chi connectivity index (χ0n) is 17.3. The monoisotopic (exact) mass is 415 g/mol. The number of anilines is 1. The van der Waals surface area contributed by atoms with E-state index in [9.17, 15) is 19.5 Å². The number of piperidine rings is 1. The quantitative estimate of drug-likeness (QED) is 0.665. The Bertz CT molecular complexity index is 846. The molecule has 162 valence electrons. The van der Waals surface area contributed by atoms with Crippen LogP contribution >= 0.6 is 0 Å². The summed E-state index contributed by atoms with van der Waals surface area (Å²) in [6, 6.07) is 2.85. The van der Waals surface area contributed by atoms with Crippen LogP contribution in [0.15, 0.2) is 18.3 Å². The minimum Gasteiger partial charge on any atom is -0.396 e. The van der Waals surface area contributed by atoms with E-state index in [0.717, 1.165) is 12.8 Å². The van der Waals surface area contributed by atoms with Crippen LogP contribution in [-0.4, -0.2) is 75.6 Å². The predicted molar refractivity (Wildman–Crippen MR) is 109 cm³/mol. The molecule has 9 heteroatoms. The zero-order valence-corrected chi connectivity index (χ0v) is 17.3. The molecule has 0 aliphatic carbocycles. The van der Waals surface area contributed by atoms with Gasteiger partial charge in [0.25, 0.3) is 5.91 Å². The van der Waals surface area contributed by atoms with Gasteiger partial charge in [0.1, 0.15) is 17.5 Å². The molecule has 3 aliphatic heterocycles. The normalized spacial score (nSPS) is 27.7. The molecule has 3 aliphatic rings. The Balaban J connectivity index is 1.46. The number of hydrogen-bond donors (Lipinski definition) is 3. The van der Waals surface area contributed by atoms with Crippen molar-refractivity contribution in [2.24, 2.45) is 5.92 Å². The van der Waals surface area contributed by atoms with E-state index >= 15 is 0 Å². The number of carbonyl (C=O) groups is 3. The second kappa shape index (κ2) is 8.22. The fourth-order valence-electron chi connectivity index (χ4n) is 4.73. The van der Waals surface area contributed by atoms with Gasteiger partial charge in [-0.1, -0.05) is 0 Å². The third-order valence-corrected chi connectivity index (χ3v) is 6.54. The average Bonchev–Trinajstić information content (AvgIpc) is 2.92. The van der Waals surface area contributed by atoms with Gasteiger partial charge in [-0.2, -0.15) is 0 Å². The minimum absolute atomic E-state index is 0.0736. The molecular weight excluding hydrogens is 386 g/mol. The molecule has 1 spiro atoms. The van der Waals surface area contributed by atoms with E-state index in [1.807, 2.05) is 0 Å². The van der Waals surface area contributed by atoms with Gasteiger partial charge >= 0.3 is 0 Å². The first-order valence-corrected chi connectivity index (χ1v) is 10.7. The second-order valence-corrected chi connectivity index (χ2v) is 8.55. The number of aromatic nitrogens is 1. The first-order valence-electron chi connectivity index (χ1n) is 10.7. The summed E-state index contributed by atoms with van der Waals surface area (Å²) in [6.07, 6.45) is 4.56. The molecule has 9 nitrogen and oxygen atoms in total. The van der Waals surface area contributed by atoms with Gasteiger partial charge in [0.15, 0.2) is 0 Å². The first kappa shape index (κ1) is 20.6. The number of pyridine rings is 1. The van der Waals surface area contributed by atoms with Gasteiger partial charge < -0.3 is 25.5 Å². The number of carbonyl (C=O) groups excluding carboxylic acids is 3. The Kier molecular flexibility index (Phi) is 5.64. The summed E-state index contributed by atoms with van der Waals surface area (Å²) in [5, 5.41) is 15.8. The molecule has 0 bridgehead atoms. The summed E-state index contributed by atoms with van der Waals surface area (Å²) in [4.78, 5) is 46.2. The first-order chi connectivity index (χ1) is 14.4. The lowest BCUT2D eigenvalue weighted by molar-refractivity contribution is -0.146. The van der Waals surface area contributed by atoms with Crippen molar-refractivity contribution in [3.8, 4) is 0 Å². The molecule has 0 aromatic carbocycles. The number of aliphatic hydroxyl groups excluding tert-OH is 1. The standard InChI is InChI=1S/C21H29N5O4/c1-14(20(30)25-10-3-4-15(12-25)13-27)26-11-8-21(7-6-17(26)28)23-18-16(19(29)24-21)5-2-9-22-18/h2,5,9,14-15,27H,3-4,6-8,10-13H2,1H3,(H,22,23)(H,24,29)/t14-,15+,21-/m1/s1. The van der Waals surface area contributed by atoms with E-state index in [1.165, 1.54) is 0 Å². The molecule has 1 aromatic heterocycles. The number of rotatable bonds is 3. The van der Waals surface area contributed by atoms with Gasteiger partial charge in [-0.25, -0.2) is 4.98 Å². The highest BCUT2D eigenvalue weighted by Crippen LogP contribution is 2.31. The number of amides is 3. The number of nitrogens with zero attached hydrogens (tertiary/aromatic N) is 3. The fraction of sp³-hybridized carbons (Fsp3) is 0.619. The second-order valence-electron chi connectivity index (χ2n) is 8.55. The Hall–Kier alpha value is -2.68. The predicted octanol–water partition coefficient (Wildman–Crippen LogP) is 0.565. The lowest BCUT2D eigenvalue weighted by Crippen LogP contribution is -2.58. The van der Waals surface area contributed by atoms with Gasteiger partial charge in [-0.3, -0.25) is 14.4 Å². The van der Waals surface area contributed by atoms with Crippen LogP contribution in [0.25, 0.3) is 0 Å². The highest BCUT2D eigenvalue weighted by Gasteiger charge is 2.42. The van der Waals surface area contributed by atoms with Gasteiger partial charge in [0.05, 0.1) is 5.56 Å². The van der Waals surface area contributed by atoms with Crippen molar-refractivity contribution in [2.75, 3.05) is 31.6 Å². The third-order valence-electron chi connectivity index (χ3n) is 6.54. The van der Waals surface area contributed by atoms with E-state index < -0.39 is 11.7 Å². The largest absolute Gasteiger partial charge is 0.396 e. The third kappa shape index (κ3) is 3.86. The molecule has 4 heterocycles. The number of aliphatic hydroxyl groups is 1. The maximum absolute atomic E-state index is 13.1. The molecule has 4 rings (SSSR count). The molecule has 2 fully saturated rings. The van der Waals surface area contributed by atoms with E-state index in [4.69, 9.17) is 0 Å². The molecule has 30 heavy (non-hydrogen) atoms. The van der Waals surface area contributed by atoms with Crippen LogP contribution in [0.5, 0.6) is 0 Å². The van der Waals surface area contributed by atoms with Gasteiger partial charge in [0, 0.05) is 45.3 Å². The molecule has 3 N–H and O–H groups in total. The molecule has 0 saturated carbocycles. The van der Waals surface area contributed by atoms with Crippen LogP contribution in [0.2, 0.25) is 0 Å². The van der Waals surface area contributed by atoms with Gasteiger partial charge in [-0.15, -0.1) is 0 Å². The van der Waals surface area contributed by atoms with Crippen LogP contribution in [0.3, 0.4) is 0 Å². The smallest absolute Gasteiger partial charge is 0.256 e. The summed E-state index contributed by atoms with van der Waals surface area (Å²) in [6.45, 7) is 3.39. The summed E-state index contributed by atoms with van der Waals surface area (Å²) < 4.78 is 0. The Morgan fingerprint density at radius 2 is 2.17 bits per heavy atom. The Morgan fingerprint density at radius 3 is 2.97 bits per heavy atom. The Morgan fingerprint density at radius 1 is 1.33 bits per heavy atom. The van der Waals surface area contributed by atoms with E-state index in [0.29, 0.717) is 43.9 Å². The lowest BCUT2D eigenvalue weighted by atomic mass is 9.97. The minimum atomic E-state index is -0.751. The van der Waals surface area contributed by atoms with E-state index in [-0.39, 0.29) is 36.7 Å². The number of likely N-dealkylation sites (tertiary alicyclic amines) is 2. The molecule has 3 atom stereocenters. The van der Waals surface area contributed by atoms with Crippen molar-refractivity contribution in [1.82, 2.24) is 20.1 Å².